The second kappa shape index (κ2) is 14.0. The average Bonchev–Trinajstić information content (AvgIpc) is 2.94. The Labute approximate surface area is 257 Å². The fraction of sp³-hybridized carbons (Fsp3) is 0.452. The maximum atomic E-state index is 13.1. The normalized spacial score (nSPS) is 18.9. The zero-order chi connectivity index (χ0) is 31.1. The van der Waals surface area contributed by atoms with E-state index in [1.807, 2.05) is 33.8 Å². The van der Waals surface area contributed by atoms with Crippen LogP contribution in [0.2, 0.25) is 5.02 Å². The van der Waals surface area contributed by atoms with Gasteiger partial charge in [0, 0.05) is 48.7 Å². The van der Waals surface area contributed by atoms with Crippen LogP contribution in [0, 0.1) is 0 Å². The molecular formula is C31H40ClN5O6. The van der Waals surface area contributed by atoms with Gasteiger partial charge in [0.2, 0.25) is 0 Å². The summed E-state index contributed by atoms with van der Waals surface area (Å²) < 4.78 is 22.9. The number of pyridine rings is 1. The zero-order valence-corrected chi connectivity index (χ0v) is 26.0. The molecule has 0 radical (unpaired) electrons. The maximum absolute atomic E-state index is 13.1. The van der Waals surface area contributed by atoms with Crippen LogP contribution < -0.4 is 25.4 Å². The molecule has 0 aliphatic carbocycles. The quantitative estimate of drug-likeness (QED) is 0.352. The van der Waals surface area contributed by atoms with Gasteiger partial charge in [-0.05, 0) is 45.9 Å². The van der Waals surface area contributed by atoms with E-state index >= 15 is 0 Å². The van der Waals surface area contributed by atoms with Crippen molar-refractivity contribution in [2.24, 2.45) is 0 Å². The van der Waals surface area contributed by atoms with Crippen molar-refractivity contribution >= 4 is 29.3 Å². The van der Waals surface area contributed by atoms with Crippen molar-refractivity contribution in [3.8, 4) is 11.5 Å². The first kappa shape index (κ1) is 32.0. The SMILES string of the molecule is C=C(Nc1cccc(Cl)c1OC)C1=C(NCc2ccncc2OC[C@@H]2CN(C(=O)OC(C)(C)C)CCO2)C[C@@H](C)NC1=O. The second-order valence-corrected chi connectivity index (χ2v) is 11.8. The Morgan fingerprint density at radius 1 is 1.30 bits per heavy atom. The lowest BCUT2D eigenvalue weighted by Gasteiger charge is -2.34. The maximum Gasteiger partial charge on any atom is 0.410 e. The third kappa shape index (κ3) is 8.55. The molecule has 2 aromatic rings. The summed E-state index contributed by atoms with van der Waals surface area (Å²) in [7, 11) is 1.53. The van der Waals surface area contributed by atoms with E-state index in [9.17, 15) is 9.59 Å². The lowest BCUT2D eigenvalue weighted by molar-refractivity contribution is -0.118. The summed E-state index contributed by atoms with van der Waals surface area (Å²) in [6, 6.07) is 7.09. The topological polar surface area (TPSA) is 123 Å². The third-order valence-corrected chi connectivity index (χ3v) is 7.05. The number of nitrogens with zero attached hydrogens (tertiary/aromatic N) is 2. The van der Waals surface area contributed by atoms with Gasteiger partial charge in [-0.2, -0.15) is 0 Å². The number of hydrogen-bond donors (Lipinski definition) is 3. The molecule has 0 bridgehead atoms. The Bertz CT molecular complexity index is 1370. The zero-order valence-electron chi connectivity index (χ0n) is 25.3. The van der Waals surface area contributed by atoms with Crippen LogP contribution in [0.25, 0.3) is 0 Å². The summed E-state index contributed by atoms with van der Waals surface area (Å²) in [4.78, 5) is 31.5. The third-order valence-electron chi connectivity index (χ3n) is 6.75. The van der Waals surface area contributed by atoms with Gasteiger partial charge < -0.3 is 39.8 Å². The van der Waals surface area contributed by atoms with E-state index in [-0.39, 0.29) is 30.8 Å². The Morgan fingerprint density at radius 2 is 2.09 bits per heavy atom. The highest BCUT2D eigenvalue weighted by Crippen LogP contribution is 2.34. The molecule has 1 aromatic carbocycles. The van der Waals surface area contributed by atoms with E-state index < -0.39 is 5.60 Å². The molecule has 2 amide bonds. The van der Waals surface area contributed by atoms with Crippen molar-refractivity contribution in [1.29, 1.82) is 0 Å². The van der Waals surface area contributed by atoms with E-state index in [2.05, 4.69) is 27.5 Å². The fourth-order valence-electron chi connectivity index (χ4n) is 4.79. The highest BCUT2D eigenvalue weighted by molar-refractivity contribution is 6.32. The number of hydrogen-bond acceptors (Lipinski definition) is 9. The summed E-state index contributed by atoms with van der Waals surface area (Å²) in [5.74, 6) is 0.791. The van der Waals surface area contributed by atoms with E-state index in [4.69, 9.17) is 30.5 Å². The molecule has 3 N–H and O–H groups in total. The Kier molecular flexibility index (Phi) is 10.4. The van der Waals surface area contributed by atoms with E-state index in [1.165, 1.54) is 7.11 Å². The number of methoxy groups -OCH3 is 1. The predicted octanol–water partition coefficient (Wildman–Crippen LogP) is 4.64. The van der Waals surface area contributed by atoms with Crippen LogP contribution in [-0.2, 0) is 20.8 Å². The number of amides is 2. The van der Waals surface area contributed by atoms with Crippen LogP contribution in [0.5, 0.6) is 11.5 Å². The van der Waals surface area contributed by atoms with Gasteiger partial charge in [-0.25, -0.2) is 4.79 Å². The van der Waals surface area contributed by atoms with Gasteiger partial charge in [0.25, 0.3) is 5.91 Å². The first-order valence-corrected chi connectivity index (χ1v) is 14.5. The minimum absolute atomic E-state index is 0.0724. The van der Waals surface area contributed by atoms with E-state index in [0.717, 1.165) is 11.3 Å². The lowest BCUT2D eigenvalue weighted by atomic mass is 9.99. The highest BCUT2D eigenvalue weighted by Gasteiger charge is 2.29. The molecule has 1 fully saturated rings. The molecule has 2 aliphatic heterocycles. The Balaban J connectivity index is 1.44. The molecule has 4 rings (SSSR count). The van der Waals surface area contributed by atoms with Crippen molar-refractivity contribution in [2.45, 2.75) is 58.4 Å². The molecule has 232 valence electrons. The van der Waals surface area contributed by atoms with Crippen LogP contribution in [0.4, 0.5) is 10.5 Å². The molecule has 12 heteroatoms. The van der Waals surface area contributed by atoms with Gasteiger partial charge in [-0.15, -0.1) is 0 Å². The second-order valence-electron chi connectivity index (χ2n) is 11.4. The summed E-state index contributed by atoms with van der Waals surface area (Å²) in [5.41, 5.74) is 2.42. The van der Waals surface area contributed by atoms with Gasteiger partial charge in [0.05, 0.1) is 42.7 Å². The number of rotatable bonds is 10. The van der Waals surface area contributed by atoms with Gasteiger partial charge in [-0.3, -0.25) is 9.78 Å². The van der Waals surface area contributed by atoms with Crippen LogP contribution in [0.3, 0.4) is 0 Å². The molecule has 2 atom stereocenters. The molecule has 2 aliphatic rings. The van der Waals surface area contributed by atoms with Crippen LogP contribution >= 0.6 is 11.6 Å². The van der Waals surface area contributed by atoms with Crippen molar-refractivity contribution in [3.63, 3.8) is 0 Å². The molecule has 43 heavy (non-hydrogen) atoms. The summed E-state index contributed by atoms with van der Waals surface area (Å²) in [6.07, 6.45) is 3.21. The van der Waals surface area contributed by atoms with Crippen LogP contribution in [0.1, 0.15) is 39.7 Å². The monoisotopic (exact) mass is 613 g/mol. The standard InChI is InChI=1S/C31H40ClN5O6/c1-19-14-25(27(29(38)35-19)20(2)36-24-9-7-8-23(32)28(24)40-6)34-15-21-10-11-33-16-26(21)42-18-22-17-37(12-13-41-22)30(39)43-31(3,4)5/h7-11,16,19,22,34,36H,2,12-15,17-18H2,1,3-6H3,(H,35,38)/t19-,22+/m1/s1. The number of anilines is 1. The smallest absolute Gasteiger partial charge is 0.410 e. The average molecular weight is 614 g/mol. The minimum Gasteiger partial charge on any atom is -0.493 e. The van der Waals surface area contributed by atoms with Crippen molar-refractivity contribution in [3.05, 3.63) is 70.8 Å². The van der Waals surface area contributed by atoms with E-state index in [0.29, 0.717) is 66.1 Å². The number of halogens is 1. The number of benzene rings is 1. The highest BCUT2D eigenvalue weighted by atomic mass is 35.5. The molecule has 0 unspecified atom stereocenters. The number of nitrogens with one attached hydrogen (secondary N) is 3. The van der Waals surface area contributed by atoms with Gasteiger partial charge in [-0.1, -0.05) is 24.2 Å². The first-order chi connectivity index (χ1) is 20.4. The molecule has 0 spiro atoms. The van der Waals surface area contributed by atoms with Gasteiger partial charge in [0.1, 0.15) is 24.1 Å². The number of para-hydroxylation sites is 1. The lowest BCUT2D eigenvalue weighted by Crippen LogP contribution is -2.49. The van der Waals surface area contributed by atoms with Crippen LogP contribution in [-0.4, -0.2) is 73.0 Å². The van der Waals surface area contributed by atoms with Gasteiger partial charge >= 0.3 is 6.09 Å². The molecular weight excluding hydrogens is 574 g/mol. The van der Waals surface area contributed by atoms with Crippen molar-refractivity contribution < 1.29 is 28.5 Å². The fourth-order valence-corrected chi connectivity index (χ4v) is 5.05. The number of aromatic nitrogens is 1. The molecule has 1 saturated heterocycles. The molecule has 3 heterocycles. The van der Waals surface area contributed by atoms with E-state index in [1.54, 1.807) is 35.5 Å². The first-order valence-electron chi connectivity index (χ1n) is 14.2. The van der Waals surface area contributed by atoms with Crippen molar-refractivity contribution in [2.75, 3.05) is 38.7 Å². The summed E-state index contributed by atoms with van der Waals surface area (Å²) in [6.45, 7) is 13.4. The summed E-state index contributed by atoms with van der Waals surface area (Å²) >= 11 is 6.28. The Morgan fingerprint density at radius 3 is 2.84 bits per heavy atom. The molecule has 11 nitrogen and oxygen atoms in total. The van der Waals surface area contributed by atoms with Gasteiger partial charge in [0.15, 0.2) is 5.75 Å². The number of morpholine rings is 1. The Hall–Kier alpha value is -3.96. The molecule has 0 saturated carbocycles. The summed E-state index contributed by atoms with van der Waals surface area (Å²) in [5, 5.41) is 10.0. The number of ether oxygens (including phenoxy) is 4. The number of carbonyl (C=O) groups excluding carboxylic acids is 2. The number of carbonyl (C=O) groups is 2. The van der Waals surface area contributed by atoms with Crippen molar-refractivity contribution in [1.82, 2.24) is 20.5 Å². The molecule has 1 aromatic heterocycles. The largest absolute Gasteiger partial charge is 0.493 e. The minimum atomic E-state index is -0.574. The predicted molar refractivity (Wildman–Crippen MR) is 164 cm³/mol. The van der Waals surface area contributed by atoms with Crippen LogP contribution in [0.15, 0.2) is 60.2 Å².